The summed E-state index contributed by atoms with van der Waals surface area (Å²) in [6.07, 6.45) is 3.43. The van der Waals surface area contributed by atoms with Gasteiger partial charge in [0.05, 0.1) is 0 Å². The monoisotopic (exact) mass is 294 g/mol. The number of hydrogen-bond acceptors (Lipinski definition) is 2. The van der Waals surface area contributed by atoms with Crippen molar-refractivity contribution in [3.05, 3.63) is 83.9 Å². The van der Waals surface area contributed by atoms with Gasteiger partial charge in [-0.25, -0.2) is 0 Å². The first kappa shape index (κ1) is 16.2. The van der Waals surface area contributed by atoms with E-state index in [9.17, 15) is 10.2 Å². The Kier molecular flexibility index (Phi) is 5.31. The smallest absolute Gasteiger partial charge is 0.187 e. The number of allylic oxidation sites excluding steroid dienone is 2. The minimum absolute atomic E-state index is 0.192. The Morgan fingerprint density at radius 3 is 1.82 bits per heavy atom. The molecule has 2 heteroatoms. The van der Waals surface area contributed by atoms with Crippen molar-refractivity contribution in [1.82, 2.24) is 0 Å². The molecule has 2 nitrogen and oxygen atoms in total. The molecule has 0 aromatic heterocycles. The van der Waals surface area contributed by atoms with Crippen molar-refractivity contribution in [3.63, 3.8) is 0 Å². The maximum Gasteiger partial charge on any atom is 0.187 e. The molecule has 0 saturated carbocycles. The van der Waals surface area contributed by atoms with E-state index in [2.05, 4.69) is 0 Å². The molecule has 0 fully saturated rings. The van der Waals surface area contributed by atoms with Crippen LogP contribution in [0.15, 0.2) is 72.8 Å². The van der Waals surface area contributed by atoms with Gasteiger partial charge in [0.2, 0.25) is 0 Å². The van der Waals surface area contributed by atoms with Gasteiger partial charge < -0.3 is 10.2 Å². The summed E-state index contributed by atoms with van der Waals surface area (Å²) in [4.78, 5) is 0. The minimum atomic E-state index is -1.77. The van der Waals surface area contributed by atoms with Crippen LogP contribution in [0.5, 0.6) is 0 Å². The molecule has 2 N–H and O–H groups in total. The molecule has 1 aliphatic rings. The molecule has 2 aromatic rings. The van der Waals surface area contributed by atoms with Crippen LogP contribution in [-0.2, 0) is 0 Å². The molecule has 0 heterocycles. The van der Waals surface area contributed by atoms with Crippen molar-refractivity contribution in [1.29, 1.82) is 0 Å². The van der Waals surface area contributed by atoms with Crippen LogP contribution in [0.25, 0.3) is 11.1 Å². The first-order valence-corrected chi connectivity index (χ1v) is 7.64. The van der Waals surface area contributed by atoms with Crippen LogP contribution in [0, 0.1) is 0 Å². The van der Waals surface area contributed by atoms with Gasteiger partial charge in [0, 0.05) is 6.42 Å². The van der Waals surface area contributed by atoms with Gasteiger partial charge in [-0.05, 0) is 28.3 Å². The highest BCUT2D eigenvalue weighted by Gasteiger charge is 2.27. The van der Waals surface area contributed by atoms with E-state index >= 15 is 0 Å². The van der Waals surface area contributed by atoms with Gasteiger partial charge in [0.1, 0.15) is 0 Å². The summed E-state index contributed by atoms with van der Waals surface area (Å²) in [5.41, 5.74) is 4.08. The third kappa shape index (κ3) is 3.73. The van der Waals surface area contributed by atoms with Gasteiger partial charge in [-0.15, -0.1) is 0 Å². The molecule has 2 aromatic carbocycles. The number of rotatable bonds is 2. The van der Waals surface area contributed by atoms with Crippen LogP contribution in [-0.4, -0.2) is 16.0 Å². The van der Waals surface area contributed by atoms with E-state index in [4.69, 9.17) is 0 Å². The van der Waals surface area contributed by atoms with Gasteiger partial charge in [0.15, 0.2) is 5.79 Å². The fourth-order valence-electron chi connectivity index (χ4n) is 2.52. The van der Waals surface area contributed by atoms with Crippen molar-refractivity contribution in [3.8, 4) is 0 Å². The first-order chi connectivity index (χ1) is 10.7. The van der Waals surface area contributed by atoms with Crippen LogP contribution in [0.1, 0.15) is 31.4 Å². The molecule has 0 atom stereocenters. The summed E-state index contributed by atoms with van der Waals surface area (Å²) in [5, 5.41) is 19.8. The quantitative estimate of drug-likeness (QED) is 0.812. The van der Waals surface area contributed by atoms with Crippen molar-refractivity contribution in [2.45, 2.75) is 26.1 Å². The second kappa shape index (κ2) is 7.21. The normalized spacial score (nSPS) is 16.0. The van der Waals surface area contributed by atoms with Crippen LogP contribution in [0.2, 0.25) is 0 Å². The number of aliphatic hydroxyl groups is 2. The van der Waals surface area contributed by atoms with Gasteiger partial charge in [-0.1, -0.05) is 80.6 Å². The largest absolute Gasteiger partial charge is 0.362 e. The zero-order valence-electron chi connectivity index (χ0n) is 13.0. The highest BCUT2D eigenvalue weighted by atomic mass is 16.5. The second-order valence-electron chi connectivity index (χ2n) is 5.01. The maximum atomic E-state index is 9.91. The number of benzene rings is 2. The van der Waals surface area contributed by atoms with Gasteiger partial charge >= 0.3 is 0 Å². The third-order valence-electron chi connectivity index (χ3n) is 3.49. The number of hydrogen-bond donors (Lipinski definition) is 2. The zero-order chi connectivity index (χ0) is 16.0. The molecule has 0 amide bonds. The molecule has 22 heavy (non-hydrogen) atoms. The Hall–Kier alpha value is -2.16. The Morgan fingerprint density at radius 1 is 0.773 bits per heavy atom. The van der Waals surface area contributed by atoms with E-state index in [1.165, 1.54) is 6.08 Å². The fourth-order valence-corrected chi connectivity index (χ4v) is 2.52. The lowest BCUT2D eigenvalue weighted by molar-refractivity contribution is -0.113. The highest BCUT2D eigenvalue weighted by Crippen LogP contribution is 2.37. The van der Waals surface area contributed by atoms with Crippen molar-refractivity contribution < 1.29 is 10.2 Å². The summed E-state index contributed by atoms with van der Waals surface area (Å²) in [6, 6.07) is 19.9. The molecule has 0 saturated heterocycles. The maximum absolute atomic E-state index is 9.91. The Balaban J connectivity index is 0.000000847. The molecular weight excluding hydrogens is 272 g/mol. The fraction of sp³-hybridized carbons (Fsp3) is 0.200. The lowest BCUT2D eigenvalue weighted by Crippen LogP contribution is -2.27. The lowest BCUT2D eigenvalue weighted by Gasteiger charge is -2.26. The van der Waals surface area contributed by atoms with Crippen molar-refractivity contribution in [2.24, 2.45) is 0 Å². The summed E-state index contributed by atoms with van der Waals surface area (Å²) >= 11 is 0. The third-order valence-corrected chi connectivity index (χ3v) is 3.49. The SMILES string of the molecule is CC.OC1(O)C=CC(c2ccccc2)=C(c2ccccc2)C1. The average Bonchev–Trinajstić information content (AvgIpc) is 2.57. The topological polar surface area (TPSA) is 40.5 Å². The van der Waals surface area contributed by atoms with Gasteiger partial charge in [-0.2, -0.15) is 0 Å². The minimum Gasteiger partial charge on any atom is -0.362 e. The Bertz CT molecular complexity index is 653. The van der Waals surface area contributed by atoms with E-state index < -0.39 is 5.79 Å². The summed E-state index contributed by atoms with van der Waals surface area (Å²) in [6.45, 7) is 4.00. The van der Waals surface area contributed by atoms with E-state index in [0.717, 1.165) is 22.3 Å². The standard InChI is InChI=1S/C18H16O2.C2H6/c19-18(20)12-11-16(14-7-3-1-4-8-14)17(13-18)15-9-5-2-6-10-15;1-2/h1-12,19-20H,13H2;1-2H3. The van der Waals surface area contributed by atoms with E-state index in [-0.39, 0.29) is 6.42 Å². The predicted molar refractivity (Wildman–Crippen MR) is 92.0 cm³/mol. The predicted octanol–water partition coefficient (Wildman–Crippen LogP) is 4.26. The van der Waals surface area contributed by atoms with E-state index in [0.29, 0.717) is 0 Å². The highest BCUT2D eigenvalue weighted by molar-refractivity contribution is 5.97. The van der Waals surface area contributed by atoms with Gasteiger partial charge in [0.25, 0.3) is 0 Å². The molecule has 0 radical (unpaired) electrons. The first-order valence-electron chi connectivity index (χ1n) is 7.64. The molecule has 114 valence electrons. The molecular formula is C20H22O2. The van der Waals surface area contributed by atoms with Crippen LogP contribution in [0.4, 0.5) is 0 Å². The molecule has 0 unspecified atom stereocenters. The van der Waals surface area contributed by atoms with Crippen molar-refractivity contribution >= 4 is 11.1 Å². The average molecular weight is 294 g/mol. The lowest BCUT2D eigenvalue weighted by atomic mass is 9.85. The molecule has 0 aliphatic heterocycles. The molecule has 0 bridgehead atoms. The zero-order valence-corrected chi connectivity index (χ0v) is 13.0. The van der Waals surface area contributed by atoms with Crippen LogP contribution >= 0.6 is 0 Å². The van der Waals surface area contributed by atoms with Crippen molar-refractivity contribution in [2.75, 3.05) is 0 Å². The summed E-state index contributed by atoms with van der Waals surface area (Å²) in [7, 11) is 0. The van der Waals surface area contributed by atoms with E-state index in [1.54, 1.807) is 6.08 Å². The summed E-state index contributed by atoms with van der Waals surface area (Å²) < 4.78 is 0. The Labute approximate surface area is 132 Å². The molecule has 1 aliphatic carbocycles. The van der Waals surface area contributed by atoms with Crippen LogP contribution in [0.3, 0.4) is 0 Å². The van der Waals surface area contributed by atoms with Crippen LogP contribution < -0.4 is 0 Å². The molecule has 3 rings (SSSR count). The van der Waals surface area contributed by atoms with E-state index in [1.807, 2.05) is 74.5 Å². The van der Waals surface area contributed by atoms with Gasteiger partial charge in [-0.3, -0.25) is 0 Å². The second-order valence-corrected chi connectivity index (χ2v) is 5.01. The summed E-state index contributed by atoms with van der Waals surface area (Å²) in [5.74, 6) is -1.77. The Morgan fingerprint density at radius 2 is 1.27 bits per heavy atom. The molecule has 0 spiro atoms.